The molecule has 0 saturated heterocycles. The van der Waals surface area contributed by atoms with E-state index in [4.69, 9.17) is 0 Å². The van der Waals surface area contributed by atoms with Crippen molar-refractivity contribution in [1.29, 1.82) is 5.26 Å². The minimum absolute atomic E-state index is 0.0869. The minimum Gasteiger partial charge on any atom is -0.301 e. The molecule has 0 aliphatic rings. The van der Waals surface area contributed by atoms with Gasteiger partial charge in [-0.05, 0) is 41.9 Å². The maximum atomic E-state index is 12.7. The summed E-state index contributed by atoms with van der Waals surface area (Å²) in [6.45, 7) is 2.13. The van der Waals surface area contributed by atoms with Gasteiger partial charge in [0.15, 0.2) is 5.16 Å². The highest BCUT2D eigenvalue weighted by molar-refractivity contribution is 7.98. The fraction of sp³-hybridized carbons (Fsp3) is 0.261. The number of H-pyrrole nitrogens is 1. The summed E-state index contributed by atoms with van der Waals surface area (Å²) in [5.74, 6) is 0. The molecule has 0 aliphatic carbocycles. The van der Waals surface area contributed by atoms with E-state index in [-0.39, 0.29) is 5.56 Å². The number of hydrogen-bond acceptors (Lipinski definition) is 4. The van der Waals surface area contributed by atoms with E-state index < -0.39 is 0 Å². The Morgan fingerprint density at radius 1 is 1.18 bits per heavy atom. The van der Waals surface area contributed by atoms with Gasteiger partial charge in [-0.3, -0.25) is 4.79 Å². The Morgan fingerprint density at radius 3 is 2.64 bits per heavy atom. The van der Waals surface area contributed by atoms with Crippen molar-refractivity contribution >= 4 is 11.8 Å². The molecule has 5 heteroatoms. The monoisotopic (exact) mass is 389 g/mol. The lowest BCUT2D eigenvalue weighted by Crippen LogP contribution is -2.19. The molecule has 1 aromatic heterocycles. The lowest BCUT2D eigenvalue weighted by molar-refractivity contribution is 0.737. The Bertz CT molecular complexity index is 1050. The first kappa shape index (κ1) is 19.9. The van der Waals surface area contributed by atoms with Crippen LogP contribution in [0.3, 0.4) is 0 Å². The molecule has 0 unspecified atom stereocenters. The molecule has 142 valence electrons. The van der Waals surface area contributed by atoms with Crippen molar-refractivity contribution < 1.29 is 0 Å². The maximum absolute atomic E-state index is 12.7. The molecule has 1 heterocycles. The van der Waals surface area contributed by atoms with Crippen LogP contribution in [-0.2, 0) is 12.8 Å². The van der Waals surface area contributed by atoms with Crippen LogP contribution in [0.4, 0.5) is 0 Å². The van der Waals surface area contributed by atoms with Crippen LogP contribution in [0, 0.1) is 11.3 Å². The van der Waals surface area contributed by atoms with Crippen LogP contribution in [0.25, 0.3) is 11.1 Å². The first-order valence-corrected chi connectivity index (χ1v) is 10.6. The Labute approximate surface area is 169 Å². The third kappa shape index (κ3) is 4.52. The quantitative estimate of drug-likeness (QED) is 0.458. The van der Waals surface area contributed by atoms with Crippen molar-refractivity contribution in [1.82, 2.24) is 9.97 Å². The molecule has 4 nitrogen and oxygen atoms in total. The van der Waals surface area contributed by atoms with Gasteiger partial charge >= 0.3 is 0 Å². The molecule has 0 saturated carbocycles. The molecule has 0 bridgehead atoms. The van der Waals surface area contributed by atoms with Gasteiger partial charge in [0.1, 0.15) is 0 Å². The van der Waals surface area contributed by atoms with Crippen molar-refractivity contribution in [2.75, 3.05) is 6.26 Å². The largest absolute Gasteiger partial charge is 0.301 e. The Kier molecular flexibility index (Phi) is 6.67. The number of rotatable bonds is 7. The maximum Gasteiger partial charge on any atom is 0.255 e. The van der Waals surface area contributed by atoms with Crippen LogP contribution in [0.2, 0.25) is 0 Å². The van der Waals surface area contributed by atoms with E-state index in [1.807, 2.05) is 54.8 Å². The van der Waals surface area contributed by atoms with Crippen LogP contribution < -0.4 is 5.56 Å². The average Bonchev–Trinajstić information content (AvgIpc) is 2.74. The molecule has 2 aromatic carbocycles. The number of aryl methyl sites for hydroxylation is 1. The normalized spacial score (nSPS) is 10.6. The van der Waals surface area contributed by atoms with Gasteiger partial charge in [-0.25, -0.2) is 4.98 Å². The van der Waals surface area contributed by atoms with E-state index in [2.05, 4.69) is 23.0 Å². The van der Waals surface area contributed by atoms with E-state index in [0.717, 1.165) is 41.6 Å². The summed E-state index contributed by atoms with van der Waals surface area (Å²) in [7, 11) is 0. The highest BCUT2D eigenvalue weighted by Gasteiger charge is 2.13. The molecule has 3 rings (SSSR count). The van der Waals surface area contributed by atoms with Gasteiger partial charge in [0, 0.05) is 12.0 Å². The standard InChI is InChI=1S/C23H23N3OS/c1-3-4-10-21-20(22(27)26-23(25-21)28-2)14-16-11-12-19(18(13-16)15-24)17-8-6-5-7-9-17/h5-9,11-13H,3-4,10,14H2,1-2H3,(H,25,26,27). The van der Waals surface area contributed by atoms with Gasteiger partial charge in [-0.15, -0.1) is 0 Å². The lowest BCUT2D eigenvalue weighted by Gasteiger charge is -2.11. The molecule has 0 radical (unpaired) electrons. The molecule has 0 spiro atoms. The molecule has 0 fully saturated rings. The summed E-state index contributed by atoms with van der Waals surface area (Å²) in [6.07, 6.45) is 5.21. The number of nitrogens with one attached hydrogen (secondary N) is 1. The smallest absolute Gasteiger partial charge is 0.255 e. The highest BCUT2D eigenvalue weighted by Crippen LogP contribution is 2.25. The number of nitriles is 1. The van der Waals surface area contributed by atoms with E-state index in [1.54, 1.807) is 0 Å². The topological polar surface area (TPSA) is 69.5 Å². The van der Waals surface area contributed by atoms with Crippen LogP contribution in [-0.4, -0.2) is 16.2 Å². The Hall–Kier alpha value is -2.84. The number of nitrogens with zero attached hydrogens (tertiary/aromatic N) is 2. The third-order valence-electron chi connectivity index (χ3n) is 4.71. The van der Waals surface area contributed by atoms with Crippen molar-refractivity contribution in [3.8, 4) is 17.2 Å². The third-order valence-corrected chi connectivity index (χ3v) is 5.29. The van der Waals surface area contributed by atoms with E-state index in [9.17, 15) is 10.1 Å². The molecule has 0 atom stereocenters. The number of hydrogen-bond donors (Lipinski definition) is 1. The Balaban J connectivity index is 1.98. The molecule has 0 amide bonds. The number of thioether (sulfide) groups is 1. The molecule has 28 heavy (non-hydrogen) atoms. The minimum atomic E-state index is -0.0869. The van der Waals surface area contributed by atoms with Crippen LogP contribution in [0.5, 0.6) is 0 Å². The van der Waals surface area contributed by atoms with Gasteiger partial charge in [-0.2, -0.15) is 5.26 Å². The summed E-state index contributed by atoms with van der Waals surface area (Å²) in [5, 5.41) is 10.3. The van der Waals surface area contributed by atoms with Crippen molar-refractivity contribution in [3.63, 3.8) is 0 Å². The number of benzene rings is 2. The highest BCUT2D eigenvalue weighted by atomic mass is 32.2. The SMILES string of the molecule is CCCCc1nc(SC)[nH]c(=O)c1Cc1ccc(-c2ccccc2)c(C#N)c1. The number of aromatic amines is 1. The molecule has 1 N–H and O–H groups in total. The van der Waals surface area contributed by atoms with Crippen LogP contribution in [0.15, 0.2) is 58.5 Å². The van der Waals surface area contributed by atoms with Gasteiger partial charge < -0.3 is 4.98 Å². The van der Waals surface area contributed by atoms with E-state index in [1.165, 1.54) is 11.8 Å². The van der Waals surface area contributed by atoms with Gasteiger partial charge in [0.2, 0.25) is 0 Å². The number of unbranched alkanes of at least 4 members (excludes halogenated alkanes) is 1. The fourth-order valence-corrected chi connectivity index (χ4v) is 3.62. The van der Waals surface area contributed by atoms with Crippen LogP contribution in [0.1, 0.15) is 42.1 Å². The average molecular weight is 390 g/mol. The second-order valence-corrected chi connectivity index (χ2v) is 7.43. The molecule has 3 aromatic rings. The molecule has 0 aliphatic heterocycles. The van der Waals surface area contributed by atoms with Gasteiger partial charge in [0.25, 0.3) is 5.56 Å². The zero-order valence-corrected chi connectivity index (χ0v) is 17.0. The van der Waals surface area contributed by atoms with Gasteiger partial charge in [0.05, 0.1) is 17.3 Å². The second kappa shape index (κ2) is 9.38. The van der Waals surface area contributed by atoms with Crippen LogP contribution >= 0.6 is 11.8 Å². The zero-order valence-electron chi connectivity index (χ0n) is 16.2. The summed E-state index contributed by atoms with van der Waals surface area (Å²) < 4.78 is 0. The number of aromatic nitrogens is 2. The van der Waals surface area contributed by atoms with Gasteiger partial charge in [-0.1, -0.05) is 67.6 Å². The van der Waals surface area contributed by atoms with E-state index in [0.29, 0.717) is 22.7 Å². The van der Waals surface area contributed by atoms with Crippen molar-refractivity contribution in [2.45, 2.75) is 37.8 Å². The summed E-state index contributed by atoms with van der Waals surface area (Å²) in [6, 6.07) is 18.0. The predicted molar refractivity (Wildman–Crippen MR) is 115 cm³/mol. The lowest BCUT2D eigenvalue weighted by atomic mass is 9.95. The summed E-state index contributed by atoms with van der Waals surface area (Å²) in [4.78, 5) is 20.2. The first-order valence-electron chi connectivity index (χ1n) is 9.40. The summed E-state index contributed by atoms with van der Waals surface area (Å²) >= 11 is 1.44. The zero-order chi connectivity index (χ0) is 19.9. The van der Waals surface area contributed by atoms with E-state index >= 15 is 0 Å². The predicted octanol–water partition coefficient (Wildman–Crippen LogP) is 4.96. The Morgan fingerprint density at radius 2 is 1.96 bits per heavy atom. The van der Waals surface area contributed by atoms with Crippen molar-refractivity contribution in [3.05, 3.63) is 81.3 Å². The molecular formula is C23H23N3OS. The second-order valence-electron chi connectivity index (χ2n) is 6.64. The fourth-order valence-electron chi connectivity index (χ4n) is 3.22. The first-order chi connectivity index (χ1) is 13.7. The molecular weight excluding hydrogens is 366 g/mol. The van der Waals surface area contributed by atoms with Crippen molar-refractivity contribution in [2.24, 2.45) is 0 Å². The summed E-state index contributed by atoms with van der Waals surface area (Å²) in [5.41, 5.74) is 4.95.